The number of anilines is 1. The van der Waals surface area contributed by atoms with Gasteiger partial charge in [0.25, 0.3) is 0 Å². The van der Waals surface area contributed by atoms with E-state index in [9.17, 15) is 4.79 Å². The molecular formula is C35H53NO2. The molecule has 9 atom stereocenters. The van der Waals surface area contributed by atoms with Crippen molar-refractivity contribution in [3.05, 3.63) is 42.0 Å². The number of carbonyl (C=O) groups is 1. The fourth-order valence-electron chi connectivity index (χ4n) is 9.88. The topological polar surface area (TPSA) is 38.3 Å². The number of benzene rings is 1. The fourth-order valence-corrected chi connectivity index (χ4v) is 9.88. The van der Waals surface area contributed by atoms with Gasteiger partial charge in [-0.3, -0.25) is 4.79 Å². The summed E-state index contributed by atoms with van der Waals surface area (Å²) in [6, 6.07) is 11.2. The molecule has 3 heteroatoms. The molecule has 4 aliphatic carbocycles. The Bertz CT molecular complexity index is 1000. The number of hydrogen-bond donors (Lipinski definition) is 1. The molecule has 38 heavy (non-hydrogen) atoms. The van der Waals surface area contributed by atoms with Crippen LogP contribution in [0.1, 0.15) is 106 Å². The predicted molar refractivity (Wildman–Crippen MR) is 158 cm³/mol. The van der Waals surface area contributed by atoms with Crippen LogP contribution in [0.25, 0.3) is 0 Å². The van der Waals surface area contributed by atoms with E-state index in [0.29, 0.717) is 23.3 Å². The highest BCUT2D eigenvalue weighted by Gasteiger charge is 2.61. The van der Waals surface area contributed by atoms with E-state index in [1.807, 2.05) is 0 Å². The number of hydrogen-bond acceptors (Lipinski definition) is 3. The predicted octanol–water partition coefficient (Wildman–Crippen LogP) is 9.05. The average Bonchev–Trinajstić information content (AvgIpc) is 3.22. The Morgan fingerprint density at radius 2 is 1.76 bits per heavy atom. The molecule has 3 fully saturated rings. The first-order valence-corrected chi connectivity index (χ1v) is 15.8. The van der Waals surface area contributed by atoms with Crippen molar-refractivity contribution in [2.75, 3.05) is 5.32 Å². The Morgan fingerprint density at radius 3 is 2.47 bits per heavy atom. The van der Waals surface area contributed by atoms with Crippen LogP contribution in [0.15, 0.2) is 42.0 Å². The van der Waals surface area contributed by atoms with Gasteiger partial charge < -0.3 is 10.1 Å². The molecule has 1 aromatic rings. The molecule has 0 amide bonds. The molecule has 5 rings (SSSR count). The maximum Gasteiger partial charge on any atom is 0.302 e. The van der Waals surface area contributed by atoms with Gasteiger partial charge in [-0.15, -0.1) is 0 Å². The van der Waals surface area contributed by atoms with Crippen molar-refractivity contribution in [2.45, 2.75) is 118 Å². The van der Waals surface area contributed by atoms with Gasteiger partial charge in [0.1, 0.15) is 6.10 Å². The van der Waals surface area contributed by atoms with Crippen LogP contribution < -0.4 is 5.32 Å². The standard InChI is InChI=1S/C35H53NO2/c1-23(2)11-10-12-24(3)29-15-16-30-33-31(18-20-35(29,30)6)34(5)19-17-28(38-25(4)37)21-26(34)22-32(33)36-27-13-8-7-9-14-27/h7-9,13-14,22-24,28-33,36H,10-12,15-21H2,1-6H3/t24-,28-,29+,30-,31-,32-,33-,34-,35+/m0/s1. The maximum atomic E-state index is 11.8. The summed E-state index contributed by atoms with van der Waals surface area (Å²) in [7, 11) is 0. The number of fused-ring (bicyclic) bond motifs is 5. The Hall–Kier alpha value is -1.77. The molecular weight excluding hydrogens is 466 g/mol. The number of nitrogens with one attached hydrogen (secondary N) is 1. The van der Waals surface area contributed by atoms with Crippen LogP contribution in [0.2, 0.25) is 0 Å². The second kappa shape index (κ2) is 11.0. The van der Waals surface area contributed by atoms with Crippen LogP contribution >= 0.6 is 0 Å². The Balaban J connectivity index is 1.44. The molecule has 0 spiro atoms. The lowest BCUT2D eigenvalue weighted by Crippen LogP contribution is -2.56. The number of esters is 1. The van der Waals surface area contributed by atoms with E-state index in [0.717, 1.165) is 42.9 Å². The van der Waals surface area contributed by atoms with Gasteiger partial charge >= 0.3 is 5.97 Å². The summed E-state index contributed by atoms with van der Waals surface area (Å²) in [5, 5.41) is 4.02. The first kappa shape index (κ1) is 27.8. The van der Waals surface area contributed by atoms with Crippen LogP contribution in [0.4, 0.5) is 5.69 Å². The average molecular weight is 520 g/mol. The van der Waals surface area contributed by atoms with Gasteiger partial charge in [-0.25, -0.2) is 0 Å². The highest BCUT2D eigenvalue weighted by Crippen LogP contribution is 2.67. The van der Waals surface area contributed by atoms with Crippen LogP contribution in [-0.4, -0.2) is 18.1 Å². The number of ether oxygens (including phenoxy) is 1. The molecule has 1 N–H and O–H groups in total. The molecule has 0 unspecified atom stereocenters. The van der Waals surface area contributed by atoms with Crippen molar-refractivity contribution in [1.29, 1.82) is 0 Å². The summed E-state index contributed by atoms with van der Waals surface area (Å²) in [6.45, 7) is 14.1. The summed E-state index contributed by atoms with van der Waals surface area (Å²) in [6.07, 6.45) is 15.4. The second-order valence-corrected chi connectivity index (χ2v) is 14.4. The third-order valence-electron chi connectivity index (χ3n) is 11.8. The van der Waals surface area contributed by atoms with Gasteiger partial charge in [0.2, 0.25) is 0 Å². The van der Waals surface area contributed by atoms with Crippen LogP contribution in [-0.2, 0) is 9.53 Å². The van der Waals surface area contributed by atoms with E-state index in [1.165, 1.54) is 50.6 Å². The zero-order valence-electron chi connectivity index (χ0n) is 25.0. The van der Waals surface area contributed by atoms with E-state index in [4.69, 9.17) is 4.74 Å². The van der Waals surface area contributed by atoms with Crippen molar-refractivity contribution < 1.29 is 9.53 Å². The van der Waals surface area contributed by atoms with Crippen LogP contribution in [0, 0.1) is 46.3 Å². The minimum atomic E-state index is -0.139. The molecule has 0 bridgehead atoms. The van der Waals surface area contributed by atoms with E-state index in [2.05, 4.69) is 76.3 Å². The first-order chi connectivity index (χ1) is 18.1. The zero-order chi connectivity index (χ0) is 27.1. The highest BCUT2D eigenvalue weighted by molar-refractivity contribution is 5.66. The van der Waals surface area contributed by atoms with Gasteiger partial charge in [-0.1, -0.05) is 83.7 Å². The largest absolute Gasteiger partial charge is 0.462 e. The molecule has 1 aromatic carbocycles. The second-order valence-electron chi connectivity index (χ2n) is 14.4. The summed E-state index contributed by atoms with van der Waals surface area (Å²) < 4.78 is 5.75. The lowest BCUT2D eigenvalue weighted by Gasteiger charge is -2.60. The van der Waals surface area contributed by atoms with Crippen molar-refractivity contribution in [1.82, 2.24) is 0 Å². The monoisotopic (exact) mass is 519 g/mol. The minimum Gasteiger partial charge on any atom is -0.462 e. The molecule has 0 aliphatic heterocycles. The summed E-state index contributed by atoms with van der Waals surface area (Å²) in [5.74, 6) is 4.51. The van der Waals surface area contributed by atoms with E-state index < -0.39 is 0 Å². The van der Waals surface area contributed by atoms with Gasteiger partial charge in [-0.05, 0) is 97.0 Å². The van der Waals surface area contributed by atoms with E-state index >= 15 is 0 Å². The molecule has 0 heterocycles. The van der Waals surface area contributed by atoms with Crippen LogP contribution in [0.3, 0.4) is 0 Å². The lowest BCUT2D eigenvalue weighted by atomic mass is 9.46. The van der Waals surface area contributed by atoms with Gasteiger partial charge in [0, 0.05) is 25.1 Å². The first-order valence-electron chi connectivity index (χ1n) is 15.8. The van der Waals surface area contributed by atoms with Crippen molar-refractivity contribution in [2.24, 2.45) is 46.3 Å². The highest BCUT2D eigenvalue weighted by atomic mass is 16.5. The Morgan fingerprint density at radius 1 is 1.00 bits per heavy atom. The third kappa shape index (κ3) is 5.20. The Labute approximate surface area is 232 Å². The SMILES string of the molecule is CC(=O)O[C@H]1CC[C@@]2(C)C(=C[C@H](Nc3ccccc3)[C@H]3[C@@H]4CC[C@H]([C@@H](C)CCCC(C)C)[C@@]4(C)CC[C@@H]32)C1. The van der Waals surface area contributed by atoms with Gasteiger partial charge in [0.15, 0.2) is 0 Å². The molecule has 4 aliphatic rings. The number of rotatable bonds is 8. The van der Waals surface area contributed by atoms with Gasteiger partial charge in [0.05, 0.1) is 0 Å². The van der Waals surface area contributed by atoms with Crippen LogP contribution in [0.5, 0.6) is 0 Å². The summed E-state index contributed by atoms with van der Waals surface area (Å²) in [4.78, 5) is 11.8. The molecule has 0 saturated heterocycles. The molecule has 3 nitrogen and oxygen atoms in total. The number of carbonyl (C=O) groups excluding carboxylic acids is 1. The molecule has 0 aromatic heterocycles. The van der Waals surface area contributed by atoms with Crippen molar-refractivity contribution in [3.63, 3.8) is 0 Å². The third-order valence-corrected chi connectivity index (χ3v) is 11.8. The minimum absolute atomic E-state index is 0.0390. The molecule has 0 radical (unpaired) electrons. The smallest absolute Gasteiger partial charge is 0.302 e. The summed E-state index contributed by atoms with van der Waals surface area (Å²) in [5.41, 5.74) is 3.46. The maximum absolute atomic E-state index is 11.8. The Kier molecular flexibility index (Phi) is 8.05. The van der Waals surface area contributed by atoms with Crippen molar-refractivity contribution in [3.8, 4) is 0 Å². The van der Waals surface area contributed by atoms with Crippen molar-refractivity contribution >= 4 is 11.7 Å². The normalized spacial score (nSPS) is 39.0. The molecule has 3 saturated carbocycles. The molecule has 210 valence electrons. The van der Waals surface area contributed by atoms with E-state index in [-0.39, 0.29) is 17.5 Å². The zero-order valence-corrected chi connectivity index (χ0v) is 25.0. The lowest BCUT2D eigenvalue weighted by molar-refractivity contribution is -0.148. The van der Waals surface area contributed by atoms with Gasteiger partial charge in [-0.2, -0.15) is 0 Å². The summed E-state index contributed by atoms with van der Waals surface area (Å²) >= 11 is 0. The quantitative estimate of drug-likeness (QED) is 0.275. The van der Waals surface area contributed by atoms with E-state index in [1.54, 1.807) is 12.5 Å². The fraction of sp³-hybridized carbons (Fsp3) is 0.743. The number of para-hydroxylation sites is 1.